The van der Waals surface area contributed by atoms with E-state index in [0.717, 1.165) is 37.5 Å². The maximum absolute atomic E-state index is 12.3. The van der Waals surface area contributed by atoms with Crippen molar-refractivity contribution in [2.75, 3.05) is 19.6 Å². The second kappa shape index (κ2) is 4.49. The van der Waals surface area contributed by atoms with Gasteiger partial charge in [0.15, 0.2) is 0 Å². The first-order valence-corrected chi connectivity index (χ1v) is 6.42. The Kier molecular flexibility index (Phi) is 2.85. The van der Waals surface area contributed by atoms with Crippen LogP contribution in [0.1, 0.15) is 23.2 Å². The van der Waals surface area contributed by atoms with E-state index < -0.39 is 0 Å². The summed E-state index contributed by atoms with van der Waals surface area (Å²) in [5, 5.41) is 3.50. The zero-order valence-electron chi connectivity index (χ0n) is 9.93. The number of piperidine rings is 1. The standard InChI is InChI=1S/C14H18N2O/c17-14(12-4-2-1-3-5-12)16-9-7-11-6-8-15-13(11)10-16/h1-5,11,13,15H,6-10H2. The van der Waals surface area contributed by atoms with Crippen LogP contribution in [0, 0.1) is 5.92 Å². The van der Waals surface area contributed by atoms with Crippen molar-refractivity contribution in [1.82, 2.24) is 10.2 Å². The monoisotopic (exact) mass is 230 g/mol. The van der Waals surface area contributed by atoms with Crippen molar-refractivity contribution in [1.29, 1.82) is 0 Å². The van der Waals surface area contributed by atoms with Crippen LogP contribution in [-0.2, 0) is 0 Å². The lowest BCUT2D eigenvalue weighted by Crippen LogP contribution is -2.48. The van der Waals surface area contributed by atoms with Crippen molar-refractivity contribution in [3.63, 3.8) is 0 Å². The number of benzene rings is 1. The number of rotatable bonds is 1. The molecular formula is C14H18N2O. The van der Waals surface area contributed by atoms with Crippen molar-refractivity contribution in [2.24, 2.45) is 5.92 Å². The highest BCUT2D eigenvalue weighted by Gasteiger charge is 2.34. The molecule has 2 saturated heterocycles. The molecule has 0 aromatic heterocycles. The molecule has 90 valence electrons. The molecular weight excluding hydrogens is 212 g/mol. The van der Waals surface area contributed by atoms with E-state index in [1.807, 2.05) is 35.2 Å². The van der Waals surface area contributed by atoms with Gasteiger partial charge in [0.05, 0.1) is 0 Å². The molecule has 1 amide bonds. The summed E-state index contributed by atoms with van der Waals surface area (Å²) >= 11 is 0. The molecule has 2 fully saturated rings. The van der Waals surface area contributed by atoms with E-state index in [0.29, 0.717) is 6.04 Å². The summed E-state index contributed by atoms with van der Waals surface area (Å²) in [4.78, 5) is 14.3. The summed E-state index contributed by atoms with van der Waals surface area (Å²) in [5.74, 6) is 0.965. The Hall–Kier alpha value is -1.35. The van der Waals surface area contributed by atoms with Crippen molar-refractivity contribution in [3.05, 3.63) is 35.9 Å². The molecule has 0 saturated carbocycles. The molecule has 1 N–H and O–H groups in total. The second-order valence-electron chi connectivity index (χ2n) is 5.02. The zero-order chi connectivity index (χ0) is 11.7. The van der Waals surface area contributed by atoms with Crippen LogP contribution in [0.15, 0.2) is 30.3 Å². The van der Waals surface area contributed by atoms with Crippen LogP contribution in [0.3, 0.4) is 0 Å². The summed E-state index contributed by atoms with van der Waals surface area (Å²) in [7, 11) is 0. The highest BCUT2D eigenvalue weighted by molar-refractivity contribution is 5.94. The minimum absolute atomic E-state index is 0.178. The lowest BCUT2D eigenvalue weighted by atomic mass is 9.92. The van der Waals surface area contributed by atoms with Gasteiger partial charge in [-0.2, -0.15) is 0 Å². The van der Waals surface area contributed by atoms with E-state index in [1.165, 1.54) is 6.42 Å². The van der Waals surface area contributed by atoms with Crippen molar-refractivity contribution >= 4 is 5.91 Å². The van der Waals surface area contributed by atoms with Crippen LogP contribution < -0.4 is 5.32 Å². The van der Waals surface area contributed by atoms with Crippen LogP contribution >= 0.6 is 0 Å². The molecule has 2 aliphatic rings. The van der Waals surface area contributed by atoms with Crippen molar-refractivity contribution < 1.29 is 4.79 Å². The summed E-state index contributed by atoms with van der Waals surface area (Å²) in [5.41, 5.74) is 0.809. The Balaban J connectivity index is 1.71. The molecule has 2 aliphatic heterocycles. The van der Waals surface area contributed by atoms with Crippen LogP contribution in [0.25, 0.3) is 0 Å². The minimum Gasteiger partial charge on any atom is -0.337 e. The molecule has 0 aliphatic carbocycles. The molecule has 3 heteroatoms. The quantitative estimate of drug-likeness (QED) is 0.793. The second-order valence-corrected chi connectivity index (χ2v) is 5.02. The molecule has 1 aromatic rings. The number of carbonyl (C=O) groups excluding carboxylic acids is 1. The minimum atomic E-state index is 0.178. The lowest BCUT2D eigenvalue weighted by molar-refractivity contribution is 0.0669. The van der Waals surface area contributed by atoms with Crippen LogP contribution in [0.4, 0.5) is 0 Å². The number of nitrogens with one attached hydrogen (secondary N) is 1. The van der Waals surface area contributed by atoms with Crippen LogP contribution in [0.2, 0.25) is 0 Å². The normalized spacial score (nSPS) is 27.9. The first kappa shape index (κ1) is 10.8. The average Bonchev–Trinajstić information content (AvgIpc) is 2.86. The first-order chi connectivity index (χ1) is 8.34. The number of hydrogen-bond donors (Lipinski definition) is 1. The summed E-state index contributed by atoms with van der Waals surface area (Å²) < 4.78 is 0. The van der Waals surface area contributed by atoms with E-state index in [-0.39, 0.29) is 5.91 Å². The van der Waals surface area contributed by atoms with E-state index in [1.54, 1.807) is 0 Å². The van der Waals surface area contributed by atoms with Gasteiger partial charge < -0.3 is 10.2 Å². The Morgan fingerprint density at radius 3 is 2.88 bits per heavy atom. The summed E-state index contributed by atoms with van der Waals surface area (Å²) in [6.07, 6.45) is 2.42. The highest BCUT2D eigenvalue weighted by Crippen LogP contribution is 2.25. The Labute approximate surface area is 102 Å². The zero-order valence-corrected chi connectivity index (χ0v) is 9.93. The fraction of sp³-hybridized carbons (Fsp3) is 0.500. The third kappa shape index (κ3) is 2.07. The smallest absolute Gasteiger partial charge is 0.253 e. The fourth-order valence-corrected chi connectivity index (χ4v) is 2.98. The van der Waals surface area contributed by atoms with E-state index >= 15 is 0 Å². The summed E-state index contributed by atoms with van der Waals surface area (Å²) in [6.45, 7) is 2.90. The molecule has 0 spiro atoms. The van der Waals surface area contributed by atoms with E-state index in [9.17, 15) is 4.79 Å². The topological polar surface area (TPSA) is 32.3 Å². The number of nitrogens with zero attached hydrogens (tertiary/aromatic N) is 1. The number of carbonyl (C=O) groups is 1. The Morgan fingerprint density at radius 2 is 2.06 bits per heavy atom. The molecule has 0 radical (unpaired) electrons. The van der Waals surface area contributed by atoms with Gasteiger partial charge in [-0.05, 0) is 37.4 Å². The van der Waals surface area contributed by atoms with Crippen LogP contribution in [-0.4, -0.2) is 36.5 Å². The molecule has 17 heavy (non-hydrogen) atoms. The number of likely N-dealkylation sites (tertiary alicyclic amines) is 1. The van der Waals surface area contributed by atoms with Crippen molar-refractivity contribution in [3.8, 4) is 0 Å². The lowest BCUT2D eigenvalue weighted by Gasteiger charge is -2.35. The van der Waals surface area contributed by atoms with E-state index in [4.69, 9.17) is 0 Å². The number of hydrogen-bond acceptors (Lipinski definition) is 2. The molecule has 1 aromatic carbocycles. The average molecular weight is 230 g/mol. The maximum atomic E-state index is 12.3. The predicted molar refractivity (Wildman–Crippen MR) is 66.9 cm³/mol. The van der Waals surface area contributed by atoms with Gasteiger partial charge in [-0.15, -0.1) is 0 Å². The SMILES string of the molecule is O=C(c1ccccc1)N1CCC2CCNC2C1. The van der Waals surface area contributed by atoms with Gasteiger partial charge in [0.2, 0.25) is 0 Å². The van der Waals surface area contributed by atoms with Gasteiger partial charge in [0, 0.05) is 24.7 Å². The number of amides is 1. The van der Waals surface area contributed by atoms with Crippen molar-refractivity contribution in [2.45, 2.75) is 18.9 Å². The van der Waals surface area contributed by atoms with Gasteiger partial charge in [-0.25, -0.2) is 0 Å². The van der Waals surface area contributed by atoms with Gasteiger partial charge in [-0.3, -0.25) is 4.79 Å². The Morgan fingerprint density at radius 1 is 1.24 bits per heavy atom. The maximum Gasteiger partial charge on any atom is 0.253 e. The highest BCUT2D eigenvalue weighted by atomic mass is 16.2. The Bertz CT molecular complexity index is 404. The summed E-state index contributed by atoms with van der Waals surface area (Å²) in [6, 6.07) is 10.1. The molecule has 2 heterocycles. The van der Waals surface area contributed by atoms with E-state index in [2.05, 4.69) is 5.32 Å². The van der Waals surface area contributed by atoms with Gasteiger partial charge in [0.1, 0.15) is 0 Å². The molecule has 0 bridgehead atoms. The third-order valence-corrected chi connectivity index (χ3v) is 3.99. The van der Waals surface area contributed by atoms with Crippen LogP contribution in [0.5, 0.6) is 0 Å². The predicted octanol–water partition coefficient (Wildman–Crippen LogP) is 1.51. The molecule has 2 unspecified atom stereocenters. The number of fused-ring (bicyclic) bond motifs is 1. The fourth-order valence-electron chi connectivity index (χ4n) is 2.98. The molecule has 3 nitrogen and oxygen atoms in total. The van der Waals surface area contributed by atoms with Gasteiger partial charge >= 0.3 is 0 Å². The van der Waals surface area contributed by atoms with Gasteiger partial charge in [-0.1, -0.05) is 18.2 Å². The first-order valence-electron chi connectivity index (χ1n) is 6.42. The van der Waals surface area contributed by atoms with Gasteiger partial charge in [0.25, 0.3) is 5.91 Å². The third-order valence-electron chi connectivity index (χ3n) is 3.99. The molecule has 2 atom stereocenters. The molecule has 3 rings (SSSR count). The largest absolute Gasteiger partial charge is 0.337 e.